The largest absolute Gasteiger partial charge is 0.463 e. The number of hydrogen-bond acceptors (Lipinski definition) is 6. The van der Waals surface area contributed by atoms with E-state index in [9.17, 15) is 14.9 Å². The number of benzene rings is 1. The number of nitro benzene ring substituents is 1. The topological polar surface area (TPSA) is 91.0 Å². The van der Waals surface area contributed by atoms with E-state index in [1.807, 2.05) is 0 Å². The molecule has 2 rings (SSSR count). The van der Waals surface area contributed by atoms with Crippen LogP contribution in [0, 0.1) is 10.1 Å². The molecule has 0 spiro atoms. The summed E-state index contributed by atoms with van der Waals surface area (Å²) < 4.78 is 4.82. The second-order valence-electron chi connectivity index (χ2n) is 3.86. The minimum atomic E-state index is -0.824. The van der Waals surface area contributed by atoms with E-state index < -0.39 is 17.0 Å². The van der Waals surface area contributed by atoms with Crippen LogP contribution < -0.4 is 0 Å². The number of hydrogen-bond donors (Lipinski definition) is 0. The minimum Gasteiger partial charge on any atom is -0.463 e. The van der Waals surface area contributed by atoms with E-state index in [2.05, 4.69) is 5.16 Å². The lowest BCUT2D eigenvalue weighted by Crippen LogP contribution is -2.23. The van der Waals surface area contributed by atoms with Crippen molar-refractivity contribution in [1.82, 2.24) is 0 Å². The molecule has 7 heteroatoms. The third-order valence-corrected chi connectivity index (χ3v) is 2.63. The molecule has 0 aliphatic carbocycles. The van der Waals surface area contributed by atoms with Gasteiger partial charge in [-0.25, -0.2) is 4.79 Å². The molecule has 19 heavy (non-hydrogen) atoms. The molecule has 100 valence electrons. The number of carbonyl (C=O) groups is 1. The first-order valence-corrected chi connectivity index (χ1v) is 5.76. The molecule has 0 fully saturated rings. The summed E-state index contributed by atoms with van der Waals surface area (Å²) in [5.41, 5.74) is 0.680. The summed E-state index contributed by atoms with van der Waals surface area (Å²) in [4.78, 5) is 26.9. The molecular weight excluding hydrogens is 252 g/mol. The zero-order valence-corrected chi connectivity index (χ0v) is 10.2. The van der Waals surface area contributed by atoms with Crippen molar-refractivity contribution in [2.75, 3.05) is 6.61 Å². The monoisotopic (exact) mass is 264 g/mol. The zero-order valence-electron chi connectivity index (χ0n) is 10.2. The molecule has 0 N–H and O–H groups in total. The average Bonchev–Trinajstić information content (AvgIpc) is 2.88. The summed E-state index contributed by atoms with van der Waals surface area (Å²) in [5, 5.41) is 14.7. The van der Waals surface area contributed by atoms with Gasteiger partial charge >= 0.3 is 5.97 Å². The van der Waals surface area contributed by atoms with Gasteiger partial charge in [-0.05, 0) is 13.0 Å². The highest BCUT2D eigenvalue weighted by atomic mass is 16.7. The summed E-state index contributed by atoms with van der Waals surface area (Å²) in [5.74, 6) is -0.514. The number of oxime groups is 1. The number of rotatable bonds is 4. The van der Waals surface area contributed by atoms with Crippen molar-refractivity contribution < 1.29 is 19.3 Å². The van der Waals surface area contributed by atoms with Crippen LogP contribution in [0.2, 0.25) is 0 Å². The molecular formula is C12H12N2O5. The van der Waals surface area contributed by atoms with Crippen LogP contribution in [0.15, 0.2) is 29.4 Å². The Hall–Kier alpha value is -2.44. The van der Waals surface area contributed by atoms with Crippen molar-refractivity contribution in [2.45, 2.75) is 19.4 Å². The van der Waals surface area contributed by atoms with Crippen LogP contribution in [0.4, 0.5) is 5.69 Å². The van der Waals surface area contributed by atoms with Crippen LogP contribution in [0.25, 0.3) is 0 Å². The maximum absolute atomic E-state index is 11.5. The van der Waals surface area contributed by atoms with Crippen molar-refractivity contribution in [1.29, 1.82) is 0 Å². The van der Waals surface area contributed by atoms with E-state index in [-0.39, 0.29) is 18.7 Å². The molecule has 0 aromatic heterocycles. The van der Waals surface area contributed by atoms with Gasteiger partial charge in [0.25, 0.3) is 5.69 Å². The van der Waals surface area contributed by atoms with Crippen LogP contribution in [-0.4, -0.2) is 29.3 Å². The van der Waals surface area contributed by atoms with Crippen molar-refractivity contribution in [3.63, 3.8) is 0 Å². The molecule has 0 bridgehead atoms. The fraction of sp³-hybridized carbons (Fsp3) is 0.333. The van der Waals surface area contributed by atoms with Crippen LogP contribution in [0.1, 0.15) is 18.9 Å². The molecule has 1 aromatic rings. The molecule has 0 saturated carbocycles. The van der Waals surface area contributed by atoms with Gasteiger partial charge in [0.15, 0.2) is 0 Å². The molecule has 1 atom stereocenters. The Bertz CT molecular complexity index is 541. The lowest BCUT2D eigenvalue weighted by molar-refractivity contribution is -0.385. The van der Waals surface area contributed by atoms with Gasteiger partial charge in [0.2, 0.25) is 6.10 Å². The third kappa shape index (κ3) is 2.70. The van der Waals surface area contributed by atoms with Gasteiger partial charge in [-0.2, -0.15) is 0 Å². The van der Waals surface area contributed by atoms with E-state index in [4.69, 9.17) is 9.57 Å². The molecule has 0 saturated heterocycles. The van der Waals surface area contributed by atoms with E-state index >= 15 is 0 Å². The first-order chi connectivity index (χ1) is 9.13. The van der Waals surface area contributed by atoms with E-state index in [1.165, 1.54) is 6.07 Å². The highest BCUT2D eigenvalue weighted by molar-refractivity contribution is 6.06. The molecule has 1 heterocycles. The number of ether oxygens (including phenoxy) is 1. The second kappa shape index (κ2) is 5.47. The quantitative estimate of drug-likeness (QED) is 0.468. The third-order valence-electron chi connectivity index (χ3n) is 2.63. The van der Waals surface area contributed by atoms with Crippen LogP contribution >= 0.6 is 0 Å². The standard InChI is InChI=1S/C12H12N2O5/c1-2-18-12(15)11-7-9(13-19-11)8-5-3-4-6-10(8)14(16)17/h3-6,11H,2,7H2,1H3. The van der Waals surface area contributed by atoms with E-state index in [1.54, 1.807) is 25.1 Å². The highest BCUT2D eigenvalue weighted by Crippen LogP contribution is 2.24. The lowest BCUT2D eigenvalue weighted by Gasteiger charge is -2.06. The molecule has 1 aromatic carbocycles. The summed E-state index contributed by atoms with van der Waals surface area (Å²) in [6.07, 6.45) is -0.654. The Balaban J connectivity index is 2.17. The predicted molar refractivity (Wildman–Crippen MR) is 65.8 cm³/mol. The zero-order chi connectivity index (χ0) is 13.8. The van der Waals surface area contributed by atoms with E-state index in [0.29, 0.717) is 11.3 Å². The number of nitrogens with zero attached hydrogens (tertiary/aromatic N) is 2. The number of esters is 1. The van der Waals surface area contributed by atoms with Gasteiger partial charge in [-0.1, -0.05) is 17.3 Å². The van der Waals surface area contributed by atoms with Gasteiger partial charge in [0.05, 0.1) is 22.8 Å². The van der Waals surface area contributed by atoms with Crippen molar-refractivity contribution in [2.24, 2.45) is 5.16 Å². The highest BCUT2D eigenvalue weighted by Gasteiger charge is 2.32. The number of para-hydroxylation sites is 1. The Labute approximate surface area is 109 Å². The summed E-state index contributed by atoms with van der Waals surface area (Å²) in [6.45, 7) is 1.94. The Morgan fingerprint density at radius 2 is 2.32 bits per heavy atom. The maximum Gasteiger partial charge on any atom is 0.350 e. The van der Waals surface area contributed by atoms with E-state index in [0.717, 1.165) is 0 Å². The first-order valence-electron chi connectivity index (χ1n) is 5.76. The predicted octanol–water partition coefficient (Wildman–Crippen LogP) is 1.65. The fourth-order valence-corrected chi connectivity index (χ4v) is 1.77. The fourth-order valence-electron chi connectivity index (χ4n) is 1.77. The van der Waals surface area contributed by atoms with Gasteiger partial charge in [0.1, 0.15) is 0 Å². The summed E-state index contributed by atoms with van der Waals surface area (Å²) in [7, 11) is 0. The van der Waals surface area contributed by atoms with Crippen LogP contribution in [-0.2, 0) is 14.4 Å². The van der Waals surface area contributed by atoms with Gasteiger partial charge in [0, 0.05) is 12.5 Å². The van der Waals surface area contributed by atoms with Crippen molar-refractivity contribution in [3.8, 4) is 0 Å². The molecule has 1 aliphatic heterocycles. The Morgan fingerprint density at radius 1 is 1.58 bits per heavy atom. The normalized spacial score (nSPS) is 17.5. The number of carbonyl (C=O) groups excluding carboxylic acids is 1. The van der Waals surface area contributed by atoms with Crippen LogP contribution in [0.5, 0.6) is 0 Å². The van der Waals surface area contributed by atoms with Gasteiger partial charge in [-0.15, -0.1) is 0 Å². The smallest absolute Gasteiger partial charge is 0.350 e. The second-order valence-corrected chi connectivity index (χ2v) is 3.86. The van der Waals surface area contributed by atoms with Crippen LogP contribution in [0.3, 0.4) is 0 Å². The molecule has 1 unspecified atom stereocenters. The molecule has 0 amide bonds. The average molecular weight is 264 g/mol. The minimum absolute atomic E-state index is 0.0608. The van der Waals surface area contributed by atoms with Crippen molar-refractivity contribution in [3.05, 3.63) is 39.9 Å². The molecule has 1 aliphatic rings. The Morgan fingerprint density at radius 3 is 3.00 bits per heavy atom. The summed E-state index contributed by atoms with van der Waals surface area (Å²) >= 11 is 0. The lowest BCUT2D eigenvalue weighted by atomic mass is 10.0. The molecule has 7 nitrogen and oxygen atoms in total. The Kier molecular flexibility index (Phi) is 3.74. The number of nitro groups is 1. The first kappa shape index (κ1) is 13.0. The van der Waals surface area contributed by atoms with Crippen molar-refractivity contribution >= 4 is 17.4 Å². The van der Waals surface area contributed by atoms with Gasteiger partial charge in [-0.3, -0.25) is 10.1 Å². The summed E-state index contributed by atoms with van der Waals surface area (Å²) in [6, 6.07) is 6.20. The van der Waals surface area contributed by atoms with Gasteiger partial charge < -0.3 is 9.57 Å². The SMILES string of the molecule is CCOC(=O)C1CC(c2ccccc2[N+](=O)[O-])=NO1. The maximum atomic E-state index is 11.5. The molecule has 0 radical (unpaired) electrons.